The average Bonchev–Trinajstić information content (AvgIpc) is 3.22. The third-order valence-electron chi connectivity index (χ3n) is 5.17. The van der Waals surface area contributed by atoms with Crippen molar-refractivity contribution in [1.29, 1.82) is 0 Å². The maximum absolute atomic E-state index is 13.3. The Balaban J connectivity index is 2.14. The second kappa shape index (κ2) is 11.3. The molecule has 0 aliphatic rings. The summed E-state index contributed by atoms with van der Waals surface area (Å²) in [7, 11) is -0.0968. The summed E-state index contributed by atoms with van der Waals surface area (Å²) in [6, 6.07) is 6.25. The topological polar surface area (TPSA) is 83.0 Å². The molecule has 1 aromatic carbocycles. The Labute approximate surface area is 184 Å². The van der Waals surface area contributed by atoms with E-state index in [1.807, 2.05) is 26.3 Å². The Morgan fingerprint density at radius 3 is 2.40 bits per heavy atom. The number of nitrogens with zero attached hydrogens (tertiary/aromatic N) is 3. The van der Waals surface area contributed by atoms with Crippen molar-refractivity contribution in [3.05, 3.63) is 46.4 Å². The summed E-state index contributed by atoms with van der Waals surface area (Å²) in [5.41, 5.74) is 0.992. The first kappa shape index (κ1) is 24.9. The molecule has 1 heterocycles. The normalized spacial score (nSPS) is 15.5. The molecule has 1 N–H and O–H groups in total. The van der Waals surface area contributed by atoms with Crippen LogP contribution < -0.4 is 0 Å². The standard InChI is InChI=1S/C21H33N3O4S2/c1-16-6-8-19(9-7-16)30(26,27)24(18(3)15-25)12-17(2)20(28-5)13-23(4)14-21-22-10-11-29-21/h6-11,17-18,20,25H,12-15H2,1-5H3/t17-,18-,20+/m1/s1. The van der Waals surface area contributed by atoms with Gasteiger partial charge in [-0.15, -0.1) is 11.3 Å². The molecule has 0 bridgehead atoms. The third-order valence-corrected chi connectivity index (χ3v) is 7.93. The van der Waals surface area contributed by atoms with Gasteiger partial charge in [-0.3, -0.25) is 4.90 Å². The van der Waals surface area contributed by atoms with E-state index in [1.165, 1.54) is 4.31 Å². The Bertz CT molecular complexity index is 857. The van der Waals surface area contributed by atoms with Gasteiger partial charge in [-0.1, -0.05) is 24.6 Å². The number of aromatic nitrogens is 1. The average molecular weight is 456 g/mol. The van der Waals surface area contributed by atoms with Gasteiger partial charge in [0.15, 0.2) is 0 Å². The molecule has 0 amide bonds. The van der Waals surface area contributed by atoms with Gasteiger partial charge in [-0.25, -0.2) is 13.4 Å². The van der Waals surface area contributed by atoms with Gasteiger partial charge in [0, 0.05) is 37.8 Å². The van der Waals surface area contributed by atoms with E-state index in [0.717, 1.165) is 10.6 Å². The van der Waals surface area contributed by atoms with Crippen LogP contribution in [-0.4, -0.2) is 73.7 Å². The summed E-state index contributed by atoms with van der Waals surface area (Å²) >= 11 is 1.60. The number of likely N-dealkylation sites (N-methyl/N-ethyl adjacent to an activating group) is 1. The quantitative estimate of drug-likeness (QED) is 0.530. The van der Waals surface area contributed by atoms with Crippen molar-refractivity contribution in [1.82, 2.24) is 14.2 Å². The number of hydrogen-bond acceptors (Lipinski definition) is 7. The second-order valence-corrected chi connectivity index (χ2v) is 10.7. The van der Waals surface area contributed by atoms with Gasteiger partial charge in [0.1, 0.15) is 5.01 Å². The van der Waals surface area contributed by atoms with Crippen molar-refractivity contribution in [2.24, 2.45) is 5.92 Å². The van der Waals surface area contributed by atoms with E-state index < -0.39 is 16.1 Å². The van der Waals surface area contributed by atoms with Crippen LogP contribution in [0.15, 0.2) is 40.7 Å². The van der Waals surface area contributed by atoms with E-state index in [2.05, 4.69) is 9.88 Å². The number of sulfonamides is 1. The molecule has 0 saturated heterocycles. The largest absolute Gasteiger partial charge is 0.395 e. The molecule has 0 spiro atoms. The molecule has 3 atom stereocenters. The lowest BCUT2D eigenvalue weighted by Gasteiger charge is -2.33. The predicted octanol–water partition coefficient (Wildman–Crippen LogP) is 2.61. The molecule has 2 aromatic rings. The first-order valence-corrected chi connectivity index (χ1v) is 12.3. The van der Waals surface area contributed by atoms with Crippen molar-refractivity contribution in [3.8, 4) is 0 Å². The summed E-state index contributed by atoms with van der Waals surface area (Å²) in [5, 5.41) is 12.7. The summed E-state index contributed by atoms with van der Waals surface area (Å²) < 4.78 is 33.7. The molecule has 0 radical (unpaired) electrons. The number of aliphatic hydroxyl groups is 1. The monoisotopic (exact) mass is 455 g/mol. The summed E-state index contributed by atoms with van der Waals surface area (Å²) in [6.45, 7) is 6.97. The van der Waals surface area contributed by atoms with Crippen LogP contribution in [0.25, 0.3) is 0 Å². The zero-order chi connectivity index (χ0) is 22.3. The number of hydrogen-bond donors (Lipinski definition) is 1. The van der Waals surface area contributed by atoms with Gasteiger partial charge in [0.2, 0.25) is 10.0 Å². The number of benzene rings is 1. The lowest BCUT2D eigenvalue weighted by Crippen LogP contribution is -2.46. The molecular formula is C21H33N3O4S2. The molecule has 1 aromatic heterocycles. The Morgan fingerprint density at radius 2 is 1.87 bits per heavy atom. The smallest absolute Gasteiger partial charge is 0.243 e. The van der Waals surface area contributed by atoms with Gasteiger partial charge in [0.25, 0.3) is 0 Å². The number of ether oxygens (including phenoxy) is 1. The van der Waals surface area contributed by atoms with Gasteiger partial charge < -0.3 is 9.84 Å². The van der Waals surface area contributed by atoms with Crippen molar-refractivity contribution in [3.63, 3.8) is 0 Å². The number of aliphatic hydroxyl groups excluding tert-OH is 1. The highest BCUT2D eigenvalue weighted by Crippen LogP contribution is 2.22. The van der Waals surface area contributed by atoms with Crippen LogP contribution in [0.3, 0.4) is 0 Å². The summed E-state index contributed by atoms with van der Waals surface area (Å²) in [6.07, 6.45) is 1.62. The Hall–Kier alpha value is -1.36. The van der Waals surface area contributed by atoms with E-state index >= 15 is 0 Å². The first-order valence-electron chi connectivity index (χ1n) is 9.98. The SMILES string of the molecule is CO[C@@H](CN(C)Cc1nccs1)[C@H](C)CN([C@H](C)CO)S(=O)(=O)c1ccc(C)cc1. The Morgan fingerprint density at radius 1 is 1.20 bits per heavy atom. The van der Waals surface area contributed by atoms with Gasteiger partial charge in [0.05, 0.1) is 24.2 Å². The minimum Gasteiger partial charge on any atom is -0.395 e. The highest BCUT2D eigenvalue weighted by atomic mass is 32.2. The summed E-state index contributed by atoms with van der Waals surface area (Å²) in [5.74, 6) is -0.0806. The van der Waals surface area contributed by atoms with Crippen molar-refractivity contribution in [2.45, 2.75) is 44.4 Å². The zero-order valence-corrected chi connectivity index (χ0v) is 20.0. The van der Waals surface area contributed by atoms with Gasteiger partial charge in [-0.05, 0) is 38.9 Å². The molecule has 168 valence electrons. The first-order chi connectivity index (χ1) is 14.2. The number of rotatable bonds is 12. The molecular weight excluding hydrogens is 422 g/mol. The van der Waals surface area contributed by atoms with Crippen molar-refractivity contribution < 1.29 is 18.3 Å². The lowest BCUT2D eigenvalue weighted by atomic mass is 10.0. The van der Waals surface area contributed by atoms with Gasteiger partial charge in [-0.2, -0.15) is 4.31 Å². The maximum Gasteiger partial charge on any atom is 0.243 e. The van der Waals surface area contributed by atoms with Crippen LogP contribution in [0.5, 0.6) is 0 Å². The van der Waals surface area contributed by atoms with Crippen LogP contribution in [0.1, 0.15) is 24.4 Å². The fourth-order valence-electron chi connectivity index (χ4n) is 3.27. The third kappa shape index (κ3) is 6.57. The predicted molar refractivity (Wildman–Crippen MR) is 120 cm³/mol. The molecule has 0 fully saturated rings. The molecule has 7 nitrogen and oxygen atoms in total. The minimum absolute atomic E-state index is 0.0806. The van der Waals surface area contributed by atoms with E-state index in [0.29, 0.717) is 13.1 Å². The molecule has 30 heavy (non-hydrogen) atoms. The molecule has 0 saturated carbocycles. The fraction of sp³-hybridized carbons (Fsp3) is 0.571. The van der Waals surface area contributed by atoms with E-state index in [1.54, 1.807) is 55.8 Å². The number of methoxy groups -OCH3 is 1. The highest BCUT2D eigenvalue weighted by Gasteiger charge is 2.32. The zero-order valence-electron chi connectivity index (χ0n) is 18.4. The van der Waals surface area contributed by atoms with E-state index in [4.69, 9.17) is 4.74 Å². The fourth-order valence-corrected chi connectivity index (χ4v) is 5.69. The summed E-state index contributed by atoms with van der Waals surface area (Å²) in [4.78, 5) is 6.66. The van der Waals surface area contributed by atoms with Crippen LogP contribution in [-0.2, 0) is 21.3 Å². The van der Waals surface area contributed by atoms with Crippen LogP contribution in [0.4, 0.5) is 0 Å². The Kier molecular flexibility index (Phi) is 9.39. The second-order valence-electron chi connectivity index (χ2n) is 7.79. The number of thiazole rings is 1. The van der Waals surface area contributed by atoms with E-state index in [9.17, 15) is 13.5 Å². The van der Waals surface area contributed by atoms with Gasteiger partial charge >= 0.3 is 0 Å². The molecule has 2 rings (SSSR count). The molecule has 9 heteroatoms. The molecule has 0 unspecified atom stereocenters. The van der Waals surface area contributed by atoms with E-state index in [-0.39, 0.29) is 30.1 Å². The molecule has 0 aliphatic carbocycles. The number of aryl methyl sites for hydroxylation is 1. The van der Waals surface area contributed by atoms with Crippen LogP contribution >= 0.6 is 11.3 Å². The lowest BCUT2D eigenvalue weighted by molar-refractivity contribution is 0.0221. The van der Waals surface area contributed by atoms with Crippen molar-refractivity contribution >= 4 is 21.4 Å². The maximum atomic E-state index is 13.3. The minimum atomic E-state index is -3.74. The van der Waals surface area contributed by atoms with Crippen LogP contribution in [0, 0.1) is 12.8 Å². The highest BCUT2D eigenvalue weighted by molar-refractivity contribution is 7.89. The molecule has 0 aliphatic heterocycles. The van der Waals surface area contributed by atoms with Crippen LogP contribution in [0.2, 0.25) is 0 Å². The van der Waals surface area contributed by atoms with Crippen molar-refractivity contribution in [2.75, 3.05) is 33.9 Å².